The lowest BCUT2D eigenvalue weighted by Gasteiger charge is -2.13. The topological polar surface area (TPSA) is 47.0 Å². The summed E-state index contributed by atoms with van der Waals surface area (Å²) in [7, 11) is 0. The zero-order valence-corrected chi connectivity index (χ0v) is 13.0. The Balaban J connectivity index is 2.37. The van der Waals surface area contributed by atoms with Gasteiger partial charge in [-0.15, -0.1) is 0 Å². The van der Waals surface area contributed by atoms with Crippen LogP contribution in [0.5, 0.6) is 11.6 Å². The average molecular weight is 310 g/mol. The van der Waals surface area contributed by atoms with Crippen molar-refractivity contribution in [3.8, 4) is 11.6 Å². The Labute approximate surface area is 128 Å². The van der Waals surface area contributed by atoms with Crippen LogP contribution in [0.15, 0.2) is 18.2 Å². The van der Waals surface area contributed by atoms with Crippen molar-refractivity contribution < 1.29 is 9.13 Å². The van der Waals surface area contributed by atoms with Gasteiger partial charge in [0.1, 0.15) is 23.2 Å². The van der Waals surface area contributed by atoms with Gasteiger partial charge in [0.2, 0.25) is 5.88 Å². The van der Waals surface area contributed by atoms with Gasteiger partial charge in [-0.1, -0.05) is 18.5 Å². The van der Waals surface area contributed by atoms with Crippen LogP contribution in [0, 0.1) is 12.7 Å². The van der Waals surface area contributed by atoms with Gasteiger partial charge in [-0.2, -0.15) is 4.98 Å². The Morgan fingerprint density at radius 1 is 1.29 bits per heavy atom. The Kier molecular flexibility index (Phi) is 4.96. The number of rotatable bonds is 5. The molecule has 0 amide bonds. The molecule has 0 atom stereocenters. The third-order valence-electron chi connectivity index (χ3n) is 2.91. The first-order valence-electron chi connectivity index (χ1n) is 6.79. The first kappa shape index (κ1) is 15.5. The molecule has 2 rings (SSSR count). The number of ether oxygens (including phenoxy) is 1. The fourth-order valence-corrected chi connectivity index (χ4v) is 1.91. The van der Waals surface area contributed by atoms with Gasteiger partial charge in [0.25, 0.3) is 0 Å². The van der Waals surface area contributed by atoms with Crippen LogP contribution in [0.25, 0.3) is 0 Å². The van der Waals surface area contributed by atoms with Crippen molar-refractivity contribution in [1.29, 1.82) is 0 Å². The molecule has 1 heterocycles. The predicted molar refractivity (Wildman–Crippen MR) is 81.8 cm³/mol. The molecule has 0 bridgehead atoms. The molecule has 0 fully saturated rings. The maximum absolute atomic E-state index is 13.5. The number of nitrogens with zero attached hydrogens (tertiary/aromatic N) is 2. The van der Waals surface area contributed by atoms with Crippen LogP contribution >= 0.6 is 11.6 Å². The Hall–Kier alpha value is -1.88. The summed E-state index contributed by atoms with van der Waals surface area (Å²) in [6.07, 6.45) is 0.685. The van der Waals surface area contributed by atoms with Crippen molar-refractivity contribution in [2.24, 2.45) is 0 Å². The normalized spacial score (nSPS) is 10.5. The largest absolute Gasteiger partial charge is 0.438 e. The number of benzene rings is 1. The second kappa shape index (κ2) is 6.72. The summed E-state index contributed by atoms with van der Waals surface area (Å²) in [5, 5.41) is 3.23. The summed E-state index contributed by atoms with van der Waals surface area (Å²) in [6, 6.07) is 4.29. The fourth-order valence-electron chi connectivity index (χ4n) is 1.79. The summed E-state index contributed by atoms with van der Waals surface area (Å²) < 4.78 is 19.2. The monoisotopic (exact) mass is 309 g/mol. The smallest absolute Gasteiger partial charge is 0.227 e. The molecule has 0 saturated carbocycles. The molecular weight excluding hydrogens is 293 g/mol. The van der Waals surface area contributed by atoms with E-state index in [0.29, 0.717) is 23.9 Å². The molecule has 2 aromatic rings. The number of aromatic nitrogens is 2. The zero-order chi connectivity index (χ0) is 15.4. The molecule has 0 radical (unpaired) electrons. The van der Waals surface area contributed by atoms with Crippen molar-refractivity contribution in [3.05, 3.63) is 40.4 Å². The molecule has 1 aromatic carbocycles. The number of aryl methyl sites for hydroxylation is 1. The predicted octanol–water partition coefficient (Wildman–Crippen LogP) is 4.36. The van der Waals surface area contributed by atoms with E-state index in [1.54, 1.807) is 6.07 Å². The Morgan fingerprint density at radius 3 is 2.67 bits per heavy atom. The second-order valence-corrected chi connectivity index (χ2v) is 4.89. The summed E-state index contributed by atoms with van der Waals surface area (Å²) in [5.74, 6) is 1.64. The van der Waals surface area contributed by atoms with E-state index in [0.717, 1.165) is 17.9 Å². The highest BCUT2D eigenvalue weighted by Gasteiger charge is 2.12. The molecule has 1 aromatic heterocycles. The van der Waals surface area contributed by atoms with Gasteiger partial charge in [0, 0.05) is 19.0 Å². The van der Waals surface area contributed by atoms with Crippen LogP contribution in [0.2, 0.25) is 5.02 Å². The molecule has 6 heteroatoms. The third kappa shape index (κ3) is 3.61. The number of nitrogens with one attached hydrogen (secondary N) is 1. The first-order valence-corrected chi connectivity index (χ1v) is 7.17. The van der Waals surface area contributed by atoms with Gasteiger partial charge in [0.05, 0.1) is 10.6 Å². The highest BCUT2D eigenvalue weighted by molar-refractivity contribution is 6.30. The van der Waals surface area contributed by atoms with Crippen molar-refractivity contribution in [2.75, 3.05) is 11.9 Å². The van der Waals surface area contributed by atoms with Gasteiger partial charge in [-0.05, 0) is 26.0 Å². The summed E-state index contributed by atoms with van der Waals surface area (Å²) in [5.41, 5.74) is 0.782. The van der Waals surface area contributed by atoms with Crippen molar-refractivity contribution in [1.82, 2.24) is 9.97 Å². The number of hydrogen-bond acceptors (Lipinski definition) is 4. The van der Waals surface area contributed by atoms with E-state index < -0.39 is 5.82 Å². The van der Waals surface area contributed by atoms with Crippen LogP contribution < -0.4 is 10.1 Å². The average Bonchev–Trinajstić information content (AvgIpc) is 2.47. The summed E-state index contributed by atoms with van der Waals surface area (Å²) in [6.45, 7) is 6.56. The van der Waals surface area contributed by atoms with E-state index in [1.807, 2.05) is 20.8 Å². The molecule has 0 spiro atoms. The zero-order valence-electron chi connectivity index (χ0n) is 12.2. The van der Waals surface area contributed by atoms with Gasteiger partial charge in [-0.3, -0.25) is 0 Å². The maximum Gasteiger partial charge on any atom is 0.227 e. The lowest BCUT2D eigenvalue weighted by molar-refractivity contribution is 0.450. The number of hydrogen-bond donors (Lipinski definition) is 1. The van der Waals surface area contributed by atoms with E-state index in [1.165, 1.54) is 12.1 Å². The summed E-state index contributed by atoms with van der Waals surface area (Å²) in [4.78, 5) is 8.77. The first-order chi connectivity index (χ1) is 10.0. The minimum atomic E-state index is -0.525. The molecule has 1 N–H and O–H groups in total. The van der Waals surface area contributed by atoms with Crippen LogP contribution in [-0.4, -0.2) is 16.5 Å². The lowest BCUT2D eigenvalue weighted by atomic mass is 10.3. The van der Waals surface area contributed by atoms with Crippen LogP contribution in [0.3, 0.4) is 0 Å². The Bertz CT molecular complexity index is 649. The van der Waals surface area contributed by atoms with E-state index >= 15 is 0 Å². The fraction of sp³-hybridized carbons (Fsp3) is 0.333. The van der Waals surface area contributed by atoms with Gasteiger partial charge < -0.3 is 10.1 Å². The van der Waals surface area contributed by atoms with E-state index in [4.69, 9.17) is 16.3 Å². The maximum atomic E-state index is 13.5. The molecule has 0 aliphatic carbocycles. The number of halogens is 2. The quantitative estimate of drug-likeness (QED) is 0.891. The molecular formula is C15H17ClFN3O. The standard InChI is InChI=1S/C15H17ClFN3O/c1-4-13-19-14(18-5-2)9(3)15(20-13)21-10-6-7-11(16)12(17)8-10/h6-8H,4-5H2,1-3H3,(H,18,19,20). The number of anilines is 1. The molecule has 0 saturated heterocycles. The Morgan fingerprint density at radius 2 is 2.05 bits per heavy atom. The molecule has 0 aliphatic heterocycles. The van der Waals surface area contributed by atoms with Gasteiger partial charge in [-0.25, -0.2) is 9.37 Å². The van der Waals surface area contributed by atoms with Gasteiger partial charge in [0.15, 0.2) is 0 Å². The van der Waals surface area contributed by atoms with E-state index in [9.17, 15) is 4.39 Å². The van der Waals surface area contributed by atoms with Gasteiger partial charge >= 0.3 is 0 Å². The summed E-state index contributed by atoms with van der Waals surface area (Å²) >= 11 is 5.66. The van der Waals surface area contributed by atoms with Crippen LogP contribution in [0.1, 0.15) is 25.2 Å². The van der Waals surface area contributed by atoms with Crippen LogP contribution in [-0.2, 0) is 6.42 Å². The minimum Gasteiger partial charge on any atom is -0.438 e. The van der Waals surface area contributed by atoms with Crippen molar-refractivity contribution in [2.45, 2.75) is 27.2 Å². The molecule has 4 nitrogen and oxygen atoms in total. The molecule has 112 valence electrons. The van der Waals surface area contributed by atoms with Crippen molar-refractivity contribution >= 4 is 17.4 Å². The molecule has 0 aliphatic rings. The van der Waals surface area contributed by atoms with Crippen LogP contribution in [0.4, 0.5) is 10.2 Å². The van der Waals surface area contributed by atoms with Crippen molar-refractivity contribution in [3.63, 3.8) is 0 Å². The second-order valence-electron chi connectivity index (χ2n) is 4.48. The van der Waals surface area contributed by atoms with E-state index in [2.05, 4.69) is 15.3 Å². The molecule has 21 heavy (non-hydrogen) atoms. The highest BCUT2D eigenvalue weighted by atomic mass is 35.5. The third-order valence-corrected chi connectivity index (χ3v) is 3.22. The SMILES string of the molecule is CCNc1nc(CC)nc(Oc2ccc(Cl)c(F)c2)c1C. The molecule has 0 unspecified atom stereocenters. The minimum absolute atomic E-state index is 0.0596. The lowest BCUT2D eigenvalue weighted by Crippen LogP contribution is -2.07. The highest BCUT2D eigenvalue weighted by Crippen LogP contribution is 2.29. The van der Waals surface area contributed by atoms with E-state index in [-0.39, 0.29) is 5.02 Å².